The third-order valence-corrected chi connectivity index (χ3v) is 4.25. The molecule has 0 fully saturated rings. The first kappa shape index (κ1) is 21.0. The lowest BCUT2D eigenvalue weighted by atomic mass is 10.1. The first-order valence-corrected chi connectivity index (χ1v) is 8.72. The number of carbonyl (C=O) groups is 1. The Morgan fingerprint density at radius 1 is 1.30 bits per heavy atom. The zero-order valence-corrected chi connectivity index (χ0v) is 15.9. The monoisotopic (exact) mass is 416 g/mol. The van der Waals surface area contributed by atoms with E-state index in [-0.39, 0.29) is 17.3 Å². The van der Waals surface area contributed by atoms with Crippen LogP contribution >= 0.6 is 0 Å². The number of aromatic nitrogens is 1. The Hall–Kier alpha value is -3.72. The van der Waals surface area contributed by atoms with E-state index in [0.29, 0.717) is 11.3 Å². The minimum Gasteiger partial charge on any atom is -0.497 e. The summed E-state index contributed by atoms with van der Waals surface area (Å²) in [5, 5.41) is 9.79. The molecular formula is C21H18F2N2O5. The number of rotatable bonds is 8. The van der Waals surface area contributed by atoms with Crippen LogP contribution in [0.25, 0.3) is 17.5 Å². The predicted molar refractivity (Wildman–Crippen MR) is 104 cm³/mol. The van der Waals surface area contributed by atoms with Gasteiger partial charge in [0.1, 0.15) is 22.8 Å². The average Bonchev–Trinajstić information content (AvgIpc) is 3.17. The second kappa shape index (κ2) is 8.75. The SMILES string of the molecule is C=Cc1oc(-c2ccc(OC)cc2)nc1C(CO)Oc1ccc(F)c(C(N)=O)c1F. The van der Waals surface area contributed by atoms with Crippen LogP contribution in [0.5, 0.6) is 11.5 Å². The van der Waals surface area contributed by atoms with Crippen molar-refractivity contribution in [3.8, 4) is 23.0 Å². The molecular weight excluding hydrogens is 398 g/mol. The Bertz CT molecular complexity index is 1080. The summed E-state index contributed by atoms with van der Waals surface area (Å²) in [6.07, 6.45) is 0.173. The summed E-state index contributed by atoms with van der Waals surface area (Å²) in [5.74, 6) is -3.12. The van der Waals surface area contributed by atoms with Crippen LogP contribution < -0.4 is 15.2 Å². The normalized spacial score (nSPS) is 11.7. The predicted octanol–water partition coefficient (Wildman–Crippen LogP) is 3.48. The van der Waals surface area contributed by atoms with Gasteiger partial charge in [0.15, 0.2) is 23.4 Å². The fraction of sp³-hybridized carbons (Fsp3) is 0.143. The number of nitrogens with zero attached hydrogens (tertiary/aromatic N) is 1. The van der Waals surface area contributed by atoms with E-state index in [1.165, 1.54) is 13.2 Å². The minimum absolute atomic E-state index is 0.141. The summed E-state index contributed by atoms with van der Waals surface area (Å²) >= 11 is 0. The van der Waals surface area contributed by atoms with Crippen molar-refractivity contribution in [2.24, 2.45) is 5.73 Å². The maximum Gasteiger partial charge on any atom is 0.254 e. The molecule has 0 saturated carbocycles. The molecule has 3 N–H and O–H groups in total. The number of aliphatic hydroxyl groups is 1. The fourth-order valence-corrected chi connectivity index (χ4v) is 2.76. The van der Waals surface area contributed by atoms with Gasteiger partial charge in [0.05, 0.1) is 13.7 Å². The molecule has 0 radical (unpaired) electrons. The Kier molecular flexibility index (Phi) is 6.12. The van der Waals surface area contributed by atoms with E-state index in [9.17, 15) is 18.7 Å². The van der Waals surface area contributed by atoms with Gasteiger partial charge in [0, 0.05) is 5.56 Å². The lowest BCUT2D eigenvalue weighted by molar-refractivity contribution is 0.0979. The highest BCUT2D eigenvalue weighted by Gasteiger charge is 2.26. The van der Waals surface area contributed by atoms with Crippen LogP contribution in [-0.4, -0.2) is 29.7 Å². The molecule has 0 aliphatic carbocycles. The number of benzene rings is 2. The van der Waals surface area contributed by atoms with E-state index in [1.807, 2.05) is 0 Å². The number of oxazole rings is 1. The topological polar surface area (TPSA) is 108 Å². The van der Waals surface area contributed by atoms with Gasteiger partial charge in [-0.15, -0.1) is 0 Å². The molecule has 3 aromatic rings. The highest BCUT2D eigenvalue weighted by molar-refractivity contribution is 5.93. The van der Waals surface area contributed by atoms with Crippen molar-refractivity contribution >= 4 is 12.0 Å². The Morgan fingerprint density at radius 2 is 2.00 bits per heavy atom. The molecule has 1 aromatic heterocycles. The molecule has 2 aromatic carbocycles. The van der Waals surface area contributed by atoms with E-state index in [1.54, 1.807) is 24.3 Å². The minimum atomic E-state index is -1.29. The van der Waals surface area contributed by atoms with Gasteiger partial charge in [-0.1, -0.05) is 6.58 Å². The van der Waals surface area contributed by atoms with Gasteiger partial charge in [0.25, 0.3) is 5.91 Å². The number of hydrogen-bond donors (Lipinski definition) is 2. The van der Waals surface area contributed by atoms with Crippen molar-refractivity contribution in [2.75, 3.05) is 13.7 Å². The van der Waals surface area contributed by atoms with Gasteiger partial charge in [-0.25, -0.2) is 13.8 Å². The zero-order chi connectivity index (χ0) is 21.8. The molecule has 1 heterocycles. The van der Waals surface area contributed by atoms with E-state index in [2.05, 4.69) is 11.6 Å². The summed E-state index contributed by atoms with van der Waals surface area (Å²) in [6.45, 7) is 3.03. The molecule has 7 nitrogen and oxygen atoms in total. The highest BCUT2D eigenvalue weighted by Crippen LogP contribution is 2.32. The molecule has 9 heteroatoms. The molecule has 0 spiro atoms. The highest BCUT2D eigenvalue weighted by atomic mass is 19.1. The largest absolute Gasteiger partial charge is 0.497 e. The molecule has 0 aliphatic rings. The van der Waals surface area contributed by atoms with Gasteiger partial charge in [-0.05, 0) is 42.5 Å². The van der Waals surface area contributed by atoms with E-state index in [4.69, 9.17) is 19.6 Å². The van der Waals surface area contributed by atoms with Gasteiger partial charge < -0.3 is 24.7 Å². The van der Waals surface area contributed by atoms with Crippen molar-refractivity contribution in [3.63, 3.8) is 0 Å². The van der Waals surface area contributed by atoms with E-state index >= 15 is 0 Å². The van der Waals surface area contributed by atoms with Gasteiger partial charge in [0.2, 0.25) is 5.89 Å². The lowest BCUT2D eigenvalue weighted by Crippen LogP contribution is -2.18. The van der Waals surface area contributed by atoms with E-state index < -0.39 is 41.6 Å². The van der Waals surface area contributed by atoms with Crippen molar-refractivity contribution in [2.45, 2.75) is 6.10 Å². The molecule has 1 amide bonds. The molecule has 1 unspecified atom stereocenters. The van der Waals surface area contributed by atoms with Gasteiger partial charge in [-0.2, -0.15) is 0 Å². The molecule has 156 valence electrons. The smallest absolute Gasteiger partial charge is 0.254 e. The van der Waals surface area contributed by atoms with Crippen LogP contribution in [0.2, 0.25) is 0 Å². The quantitative estimate of drug-likeness (QED) is 0.582. The standard InChI is InChI=1S/C21H18F2N2O5/c1-3-14-19(25-21(30-14)11-4-6-12(28-2)7-5-11)16(10-26)29-15-9-8-13(22)17(18(15)23)20(24)27/h3-9,16,26H,1,10H2,2H3,(H2,24,27). The number of ether oxygens (including phenoxy) is 2. The number of amides is 1. The Morgan fingerprint density at radius 3 is 2.57 bits per heavy atom. The third-order valence-electron chi connectivity index (χ3n) is 4.25. The summed E-state index contributed by atoms with van der Waals surface area (Å²) in [7, 11) is 1.54. The maximum atomic E-state index is 14.5. The number of primary amides is 1. The van der Waals surface area contributed by atoms with Crippen LogP contribution in [-0.2, 0) is 0 Å². The van der Waals surface area contributed by atoms with Crippen molar-refractivity contribution in [1.29, 1.82) is 0 Å². The van der Waals surface area contributed by atoms with Crippen LogP contribution in [0.15, 0.2) is 47.4 Å². The summed E-state index contributed by atoms with van der Waals surface area (Å²) in [5.41, 5.74) is 4.84. The Balaban J connectivity index is 1.97. The Labute approximate surface area is 170 Å². The first-order chi connectivity index (χ1) is 14.4. The second-order valence-corrected chi connectivity index (χ2v) is 6.09. The summed E-state index contributed by atoms with van der Waals surface area (Å²) in [6, 6.07) is 8.69. The number of nitrogens with two attached hydrogens (primary N) is 1. The van der Waals surface area contributed by atoms with Crippen molar-refractivity contribution < 1.29 is 32.6 Å². The maximum absolute atomic E-state index is 14.5. The molecule has 30 heavy (non-hydrogen) atoms. The van der Waals surface area contributed by atoms with Crippen LogP contribution in [0.4, 0.5) is 8.78 Å². The van der Waals surface area contributed by atoms with Gasteiger partial charge in [-0.3, -0.25) is 4.79 Å². The molecule has 0 bridgehead atoms. The first-order valence-electron chi connectivity index (χ1n) is 8.72. The zero-order valence-electron chi connectivity index (χ0n) is 15.9. The number of aliphatic hydroxyl groups excluding tert-OH is 1. The van der Waals surface area contributed by atoms with Gasteiger partial charge >= 0.3 is 0 Å². The van der Waals surface area contributed by atoms with E-state index in [0.717, 1.165) is 12.1 Å². The number of halogens is 2. The second-order valence-electron chi connectivity index (χ2n) is 6.09. The number of methoxy groups -OCH3 is 1. The van der Waals surface area contributed by atoms with Crippen LogP contribution in [0, 0.1) is 11.6 Å². The number of carbonyl (C=O) groups excluding carboxylic acids is 1. The third kappa shape index (κ3) is 4.01. The van der Waals surface area contributed by atoms with Crippen LogP contribution in [0.1, 0.15) is 27.9 Å². The van der Waals surface area contributed by atoms with Crippen molar-refractivity contribution in [3.05, 3.63) is 71.6 Å². The fourth-order valence-electron chi connectivity index (χ4n) is 2.76. The molecule has 0 aliphatic heterocycles. The number of hydrogen-bond acceptors (Lipinski definition) is 6. The van der Waals surface area contributed by atoms with Crippen LogP contribution in [0.3, 0.4) is 0 Å². The summed E-state index contributed by atoms with van der Waals surface area (Å²) in [4.78, 5) is 15.6. The average molecular weight is 416 g/mol. The lowest BCUT2D eigenvalue weighted by Gasteiger charge is -2.16. The molecule has 0 saturated heterocycles. The summed E-state index contributed by atoms with van der Waals surface area (Å²) < 4.78 is 44.4. The van der Waals surface area contributed by atoms with Crippen molar-refractivity contribution in [1.82, 2.24) is 4.98 Å². The molecule has 1 atom stereocenters. The molecule has 3 rings (SSSR count).